The summed E-state index contributed by atoms with van der Waals surface area (Å²) in [5.74, 6) is 6.16. The molecule has 0 amide bonds. The number of anilines is 1. The van der Waals surface area contributed by atoms with Gasteiger partial charge in [-0.1, -0.05) is 55.5 Å². The van der Waals surface area contributed by atoms with Gasteiger partial charge in [-0.2, -0.15) is 0 Å². The summed E-state index contributed by atoms with van der Waals surface area (Å²) in [5.41, 5.74) is 2.21. The highest BCUT2D eigenvalue weighted by Crippen LogP contribution is 2.13. The molecule has 2 aromatic carbocycles. The van der Waals surface area contributed by atoms with Crippen LogP contribution in [0, 0.1) is 11.8 Å². The van der Waals surface area contributed by atoms with Crippen LogP contribution in [0.3, 0.4) is 0 Å². The SMILES string of the molecule is CCCCC#Cc1ccc(NS(=O)(=O)Cc2ccccc2)cc1. The van der Waals surface area contributed by atoms with Crippen molar-refractivity contribution in [1.29, 1.82) is 0 Å². The lowest BCUT2D eigenvalue weighted by molar-refractivity contribution is 0.600. The molecule has 0 aliphatic carbocycles. The average Bonchev–Trinajstić information content (AvgIpc) is 2.53. The second kappa shape index (κ2) is 8.40. The van der Waals surface area contributed by atoms with Crippen molar-refractivity contribution in [2.75, 3.05) is 4.72 Å². The molecule has 0 heterocycles. The summed E-state index contributed by atoms with van der Waals surface area (Å²) in [6.45, 7) is 2.14. The molecule has 0 saturated carbocycles. The molecule has 0 atom stereocenters. The first-order valence-corrected chi connectivity index (χ1v) is 9.37. The number of hydrogen-bond acceptors (Lipinski definition) is 2. The molecule has 4 heteroatoms. The van der Waals surface area contributed by atoms with E-state index >= 15 is 0 Å². The second-order valence-corrected chi connectivity index (χ2v) is 7.05. The Morgan fingerprint density at radius 2 is 1.70 bits per heavy atom. The number of nitrogens with one attached hydrogen (secondary N) is 1. The van der Waals surface area contributed by atoms with E-state index in [-0.39, 0.29) is 5.75 Å². The molecule has 0 saturated heterocycles. The van der Waals surface area contributed by atoms with Gasteiger partial charge in [-0.25, -0.2) is 8.42 Å². The zero-order valence-corrected chi connectivity index (χ0v) is 14.1. The minimum absolute atomic E-state index is 0.0353. The van der Waals surface area contributed by atoms with E-state index in [9.17, 15) is 8.42 Å². The van der Waals surface area contributed by atoms with Crippen LogP contribution in [0.4, 0.5) is 5.69 Å². The lowest BCUT2D eigenvalue weighted by Crippen LogP contribution is -2.14. The van der Waals surface area contributed by atoms with Crippen molar-refractivity contribution < 1.29 is 8.42 Å². The highest BCUT2D eigenvalue weighted by Gasteiger charge is 2.11. The molecular formula is C19H21NO2S. The van der Waals surface area contributed by atoms with Gasteiger partial charge < -0.3 is 0 Å². The maximum absolute atomic E-state index is 12.2. The molecule has 1 N–H and O–H groups in total. The fourth-order valence-electron chi connectivity index (χ4n) is 2.06. The van der Waals surface area contributed by atoms with Crippen LogP contribution in [0.2, 0.25) is 0 Å². The first kappa shape index (κ1) is 17.1. The lowest BCUT2D eigenvalue weighted by Gasteiger charge is -2.08. The van der Waals surface area contributed by atoms with Gasteiger partial charge in [-0.15, -0.1) is 0 Å². The summed E-state index contributed by atoms with van der Waals surface area (Å²) in [5, 5.41) is 0. The molecule has 0 bridgehead atoms. The van der Waals surface area contributed by atoms with Crippen molar-refractivity contribution in [1.82, 2.24) is 0 Å². The van der Waals surface area contributed by atoms with Crippen molar-refractivity contribution in [2.45, 2.75) is 31.9 Å². The Hall–Kier alpha value is -2.25. The predicted molar refractivity (Wildman–Crippen MR) is 95.5 cm³/mol. The van der Waals surface area contributed by atoms with Gasteiger partial charge in [0.2, 0.25) is 10.0 Å². The normalized spacial score (nSPS) is 10.7. The van der Waals surface area contributed by atoms with E-state index in [0.717, 1.165) is 30.4 Å². The summed E-state index contributed by atoms with van der Waals surface area (Å²) in [4.78, 5) is 0. The summed E-state index contributed by atoms with van der Waals surface area (Å²) >= 11 is 0. The van der Waals surface area contributed by atoms with Gasteiger partial charge in [0.25, 0.3) is 0 Å². The summed E-state index contributed by atoms with van der Waals surface area (Å²) in [6, 6.07) is 16.3. The van der Waals surface area contributed by atoms with Crippen LogP contribution in [0.15, 0.2) is 54.6 Å². The molecule has 23 heavy (non-hydrogen) atoms. The highest BCUT2D eigenvalue weighted by atomic mass is 32.2. The Morgan fingerprint density at radius 3 is 2.35 bits per heavy atom. The van der Waals surface area contributed by atoms with E-state index in [1.54, 1.807) is 24.3 Å². The van der Waals surface area contributed by atoms with E-state index in [0.29, 0.717) is 5.69 Å². The molecular weight excluding hydrogens is 306 g/mol. The average molecular weight is 327 g/mol. The maximum Gasteiger partial charge on any atom is 0.236 e. The van der Waals surface area contributed by atoms with Crippen LogP contribution in [0.25, 0.3) is 0 Å². The van der Waals surface area contributed by atoms with Gasteiger partial charge in [0.1, 0.15) is 0 Å². The largest absolute Gasteiger partial charge is 0.283 e. The number of hydrogen-bond donors (Lipinski definition) is 1. The van der Waals surface area contributed by atoms with E-state index < -0.39 is 10.0 Å². The van der Waals surface area contributed by atoms with E-state index in [4.69, 9.17) is 0 Å². The Morgan fingerprint density at radius 1 is 1.00 bits per heavy atom. The van der Waals surface area contributed by atoms with Gasteiger partial charge >= 0.3 is 0 Å². The number of unbranched alkanes of at least 4 members (excludes halogenated alkanes) is 2. The van der Waals surface area contributed by atoms with Crippen molar-refractivity contribution in [2.24, 2.45) is 0 Å². The third-order valence-corrected chi connectivity index (χ3v) is 4.51. The second-order valence-electron chi connectivity index (χ2n) is 5.33. The number of rotatable bonds is 6. The van der Waals surface area contributed by atoms with Gasteiger partial charge in [-0.3, -0.25) is 4.72 Å². The molecule has 0 aliphatic heterocycles. The lowest BCUT2D eigenvalue weighted by atomic mass is 10.2. The Balaban J connectivity index is 1.98. The van der Waals surface area contributed by atoms with Crippen LogP contribution < -0.4 is 4.72 Å². The number of sulfonamides is 1. The molecule has 0 unspecified atom stereocenters. The molecule has 0 aliphatic rings. The minimum Gasteiger partial charge on any atom is -0.283 e. The smallest absolute Gasteiger partial charge is 0.236 e. The molecule has 120 valence electrons. The third kappa shape index (κ3) is 6.17. The van der Waals surface area contributed by atoms with E-state index in [2.05, 4.69) is 23.5 Å². The first-order valence-electron chi connectivity index (χ1n) is 7.72. The third-order valence-electron chi connectivity index (χ3n) is 3.25. The van der Waals surface area contributed by atoms with Crippen LogP contribution in [-0.2, 0) is 15.8 Å². The fraction of sp³-hybridized carbons (Fsp3) is 0.263. The maximum atomic E-state index is 12.2. The molecule has 0 radical (unpaired) electrons. The van der Waals surface area contributed by atoms with Crippen LogP contribution >= 0.6 is 0 Å². The van der Waals surface area contributed by atoms with Crippen LogP contribution in [0.1, 0.15) is 37.3 Å². The molecule has 2 rings (SSSR count). The Kier molecular flexibility index (Phi) is 6.25. The number of benzene rings is 2. The monoisotopic (exact) mass is 327 g/mol. The van der Waals surface area contributed by atoms with Gasteiger partial charge in [-0.05, 0) is 36.2 Å². The quantitative estimate of drug-likeness (QED) is 0.639. The van der Waals surface area contributed by atoms with Gasteiger partial charge in [0.05, 0.1) is 5.75 Å². The van der Waals surface area contributed by atoms with Crippen molar-refractivity contribution in [3.8, 4) is 11.8 Å². The van der Waals surface area contributed by atoms with Crippen molar-refractivity contribution in [3.05, 3.63) is 65.7 Å². The van der Waals surface area contributed by atoms with Crippen molar-refractivity contribution >= 4 is 15.7 Å². The van der Waals surface area contributed by atoms with Crippen LogP contribution in [0.5, 0.6) is 0 Å². The minimum atomic E-state index is -3.41. The molecule has 0 fully saturated rings. The standard InChI is InChI=1S/C19H21NO2S/c1-2-3-4-6-9-17-12-14-19(15-13-17)20-23(21,22)16-18-10-7-5-8-11-18/h5,7-8,10-15,20H,2-4,16H2,1H3. The molecule has 3 nitrogen and oxygen atoms in total. The highest BCUT2D eigenvalue weighted by molar-refractivity contribution is 7.91. The summed E-state index contributed by atoms with van der Waals surface area (Å²) in [6.07, 6.45) is 3.13. The topological polar surface area (TPSA) is 46.2 Å². The van der Waals surface area contributed by atoms with E-state index in [1.807, 2.05) is 30.3 Å². The van der Waals surface area contributed by atoms with Crippen molar-refractivity contribution in [3.63, 3.8) is 0 Å². The molecule has 0 spiro atoms. The van der Waals surface area contributed by atoms with Gasteiger partial charge in [0.15, 0.2) is 0 Å². The van der Waals surface area contributed by atoms with Gasteiger partial charge in [0, 0.05) is 17.7 Å². The summed E-state index contributed by atoms with van der Waals surface area (Å²) < 4.78 is 26.9. The van der Waals surface area contributed by atoms with E-state index in [1.165, 1.54) is 0 Å². The zero-order valence-electron chi connectivity index (χ0n) is 13.2. The fourth-order valence-corrected chi connectivity index (χ4v) is 3.26. The zero-order chi connectivity index (χ0) is 16.5. The Bertz CT molecular complexity index is 770. The predicted octanol–water partition coefficient (Wildman–Crippen LogP) is 4.17. The summed E-state index contributed by atoms with van der Waals surface area (Å²) in [7, 11) is -3.41. The first-order chi connectivity index (χ1) is 11.1. The molecule has 2 aromatic rings. The Labute approximate surface area is 138 Å². The molecule has 0 aromatic heterocycles. The van der Waals surface area contributed by atoms with Crippen LogP contribution in [-0.4, -0.2) is 8.42 Å².